The number of hydrogen-bond donors (Lipinski definition) is 1. The van der Waals surface area contributed by atoms with E-state index in [1.54, 1.807) is 13.2 Å². The van der Waals surface area contributed by atoms with Crippen LogP contribution < -0.4 is 21.3 Å². The standard InChI is InChI=1S/C15H18BrN3O3/c1-18-10-11(14(20)19(2)15(18)21)9-17-7-8-22-13-5-3-12(16)4-6-13/h3-6,10,17H,7-9H2,1-2H3. The predicted octanol–water partition coefficient (Wildman–Crippen LogP) is 1.02. The molecular weight excluding hydrogens is 350 g/mol. The number of rotatable bonds is 6. The van der Waals surface area contributed by atoms with Crippen molar-refractivity contribution in [1.82, 2.24) is 14.5 Å². The summed E-state index contributed by atoms with van der Waals surface area (Å²) in [6.07, 6.45) is 1.56. The van der Waals surface area contributed by atoms with Gasteiger partial charge in [-0.1, -0.05) is 15.9 Å². The molecule has 6 nitrogen and oxygen atoms in total. The molecule has 0 aliphatic carbocycles. The van der Waals surface area contributed by atoms with Gasteiger partial charge in [0, 0.05) is 43.4 Å². The first kappa shape index (κ1) is 16.5. The van der Waals surface area contributed by atoms with Crippen LogP contribution in [0.1, 0.15) is 5.56 Å². The summed E-state index contributed by atoms with van der Waals surface area (Å²) in [4.78, 5) is 23.5. The zero-order valence-electron chi connectivity index (χ0n) is 12.5. The van der Waals surface area contributed by atoms with E-state index in [2.05, 4.69) is 21.2 Å². The molecule has 0 spiro atoms. The Labute approximate surface area is 136 Å². The van der Waals surface area contributed by atoms with Crippen molar-refractivity contribution in [2.75, 3.05) is 13.2 Å². The molecule has 0 saturated heterocycles. The van der Waals surface area contributed by atoms with E-state index >= 15 is 0 Å². The zero-order valence-corrected chi connectivity index (χ0v) is 14.1. The van der Waals surface area contributed by atoms with Gasteiger partial charge in [0.15, 0.2) is 0 Å². The van der Waals surface area contributed by atoms with E-state index in [1.165, 1.54) is 11.6 Å². The average molecular weight is 368 g/mol. The largest absolute Gasteiger partial charge is 0.492 e. The third-order valence-electron chi connectivity index (χ3n) is 3.19. The minimum atomic E-state index is -0.327. The highest BCUT2D eigenvalue weighted by Gasteiger charge is 2.06. The van der Waals surface area contributed by atoms with Crippen LogP contribution in [0.2, 0.25) is 0 Å². The van der Waals surface area contributed by atoms with Gasteiger partial charge in [-0.25, -0.2) is 4.79 Å². The van der Waals surface area contributed by atoms with E-state index in [4.69, 9.17) is 4.74 Å². The molecule has 0 bridgehead atoms. The predicted molar refractivity (Wildman–Crippen MR) is 88.3 cm³/mol. The van der Waals surface area contributed by atoms with Gasteiger partial charge in [-0.2, -0.15) is 0 Å². The quantitative estimate of drug-likeness (QED) is 0.774. The fourth-order valence-electron chi connectivity index (χ4n) is 2.00. The van der Waals surface area contributed by atoms with Gasteiger partial charge in [0.1, 0.15) is 12.4 Å². The molecule has 0 aliphatic heterocycles. The normalized spacial score (nSPS) is 10.7. The summed E-state index contributed by atoms with van der Waals surface area (Å²) in [5.74, 6) is 0.794. The van der Waals surface area contributed by atoms with Crippen LogP contribution in [-0.4, -0.2) is 22.3 Å². The van der Waals surface area contributed by atoms with Crippen LogP contribution in [0.25, 0.3) is 0 Å². The van der Waals surface area contributed by atoms with Gasteiger partial charge >= 0.3 is 5.69 Å². The second-order valence-corrected chi connectivity index (χ2v) is 5.81. The molecule has 7 heteroatoms. The van der Waals surface area contributed by atoms with E-state index in [0.717, 1.165) is 14.8 Å². The minimum Gasteiger partial charge on any atom is -0.492 e. The maximum Gasteiger partial charge on any atom is 0.330 e. The Balaban J connectivity index is 1.83. The molecule has 1 aromatic heterocycles. The van der Waals surface area contributed by atoms with E-state index in [-0.39, 0.29) is 11.2 Å². The molecule has 1 aromatic carbocycles. The van der Waals surface area contributed by atoms with Gasteiger partial charge in [-0.05, 0) is 24.3 Å². The summed E-state index contributed by atoms with van der Waals surface area (Å²) in [5.41, 5.74) is -0.0509. The molecule has 0 fully saturated rings. The topological polar surface area (TPSA) is 65.3 Å². The number of nitrogens with zero attached hydrogens (tertiary/aromatic N) is 2. The van der Waals surface area contributed by atoms with Crippen LogP contribution in [0.3, 0.4) is 0 Å². The number of ether oxygens (including phenoxy) is 1. The van der Waals surface area contributed by atoms with Crippen molar-refractivity contribution in [3.8, 4) is 5.75 Å². The SMILES string of the molecule is Cn1cc(CNCCOc2ccc(Br)cc2)c(=O)n(C)c1=O. The summed E-state index contributed by atoms with van der Waals surface area (Å²) in [5, 5.41) is 3.14. The zero-order chi connectivity index (χ0) is 16.1. The lowest BCUT2D eigenvalue weighted by molar-refractivity contribution is 0.313. The molecule has 2 rings (SSSR count). The Morgan fingerprint density at radius 2 is 1.86 bits per heavy atom. The first-order valence-electron chi connectivity index (χ1n) is 6.83. The van der Waals surface area contributed by atoms with E-state index in [9.17, 15) is 9.59 Å². The van der Waals surface area contributed by atoms with Crippen molar-refractivity contribution >= 4 is 15.9 Å². The molecule has 118 valence electrons. The molecular formula is C15H18BrN3O3. The first-order valence-corrected chi connectivity index (χ1v) is 7.63. The Hall–Kier alpha value is -1.86. The molecule has 22 heavy (non-hydrogen) atoms. The molecule has 0 unspecified atom stereocenters. The number of halogens is 1. The van der Waals surface area contributed by atoms with Crippen molar-refractivity contribution in [1.29, 1.82) is 0 Å². The molecule has 0 aliphatic rings. The Kier molecular flexibility index (Phi) is 5.57. The fourth-order valence-corrected chi connectivity index (χ4v) is 2.26. The lowest BCUT2D eigenvalue weighted by Crippen LogP contribution is -2.39. The van der Waals surface area contributed by atoms with E-state index in [1.807, 2.05) is 24.3 Å². The number of aromatic nitrogens is 2. The number of hydrogen-bond acceptors (Lipinski definition) is 4. The van der Waals surface area contributed by atoms with Crippen molar-refractivity contribution in [2.24, 2.45) is 14.1 Å². The molecule has 1 heterocycles. The summed E-state index contributed by atoms with van der Waals surface area (Å²) in [6.45, 7) is 1.49. The Morgan fingerprint density at radius 1 is 1.18 bits per heavy atom. The summed E-state index contributed by atoms with van der Waals surface area (Å²) in [6, 6.07) is 7.59. The fraction of sp³-hybridized carbons (Fsp3) is 0.333. The van der Waals surface area contributed by atoms with E-state index < -0.39 is 0 Å². The van der Waals surface area contributed by atoms with Gasteiger partial charge < -0.3 is 14.6 Å². The van der Waals surface area contributed by atoms with Gasteiger partial charge in [0.2, 0.25) is 0 Å². The molecule has 0 radical (unpaired) electrons. The van der Waals surface area contributed by atoms with Gasteiger partial charge in [-0.15, -0.1) is 0 Å². The van der Waals surface area contributed by atoms with Crippen molar-refractivity contribution in [3.63, 3.8) is 0 Å². The van der Waals surface area contributed by atoms with Crippen molar-refractivity contribution in [3.05, 3.63) is 61.3 Å². The van der Waals surface area contributed by atoms with Crippen LogP contribution in [0.4, 0.5) is 0 Å². The average Bonchev–Trinajstić information content (AvgIpc) is 2.51. The second-order valence-electron chi connectivity index (χ2n) is 4.89. The number of nitrogens with one attached hydrogen (secondary N) is 1. The lowest BCUT2D eigenvalue weighted by atomic mass is 10.3. The van der Waals surface area contributed by atoms with Gasteiger partial charge in [-0.3, -0.25) is 9.36 Å². The molecule has 0 atom stereocenters. The Morgan fingerprint density at radius 3 is 2.55 bits per heavy atom. The third kappa shape index (κ3) is 4.08. The van der Waals surface area contributed by atoms with Gasteiger partial charge in [0.25, 0.3) is 5.56 Å². The van der Waals surface area contributed by atoms with Crippen molar-refractivity contribution < 1.29 is 4.74 Å². The first-order chi connectivity index (χ1) is 10.5. The van der Waals surface area contributed by atoms with E-state index in [0.29, 0.717) is 25.3 Å². The van der Waals surface area contributed by atoms with Crippen LogP contribution >= 0.6 is 15.9 Å². The minimum absolute atomic E-state index is 0.274. The van der Waals surface area contributed by atoms with Crippen LogP contribution in [-0.2, 0) is 20.6 Å². The monoisotopic (exact) mass is 367 g/mol. The number of aryl methyl sites for hydroxylation is 1. The van der Waals surface area contributed by atoms with Crippen LogP contribution in [0, 0.1) is 0 Å². The highest BCUT2D eigenvalue weighted by Crippen LogP contribution is 2.15. The molecule has 2 aromatic rings. The maximum absolute atomic E-state index is 11.9. The summed E-state index contributed by atoms with van der Waals surface area (Å²) >= 11 is 3.36. The Bertz CT molecular complexity index is 750. The summed E-state index contributed by atoms with van der Waals surface area (Å²) < 4.78 is 9.08. The summed E-state index contributed by atoms with van der Waals surface area (Å²) in [7, 11) is 3.10. The third-order valence-corrected chi connectivity index (χ3v) is 3.72. The van der Waals surface area contributed by atoms with Crippen molar-refractivity contribution in [2.45, 2.75) is 6.54 Å². The second kappa shape index (κ2) is 7.42. The highest BCUT2D eigenvalue weighted by atomic mass is 79.9. The lowest BCUT2D eigenvalue weighted by Gasteiger charge is -2.09. The van der Waals surface area contributed by atoms with Gasteiger partial charge in [0.05, 0.1) is 0 Å². The molecule has 1 N–H and O–H groups in total. The molecule has 0 amide bonds. The smallest absolute Gasteiger partial charge is 0.330 e. The number of benzene rings is 1. The van der Waals surface area contributed by atoms with Crippen LogP contribution in [0.15, 0.2) is 44.5 Å². The highest BCUT2D eigenvalue weighted by molar-refractivity contribution is 9.10. The maximum atomic E-state index is 11.9. The molecule has 0 saturated carbocycles. The van der Waals surface area contributed by atoms with Crippen LogP contribution in [0.5, 0.6) is 5.75 Å².